The molecule has 1 aliphatic carbocycles. The van der Waals surface area contributed by atoms with Crippen molar-refractivity contribution in [2.45, 2.75) is 11.8 Å². The van der Waals surface area contributed by atoms with Gasteiger partial charge in [0, 0.05) is 13.0 Å². The minimum atomic E-state index is -4.14. The van der Waals surface area contributed by atoms with Gasteiger partial charge in [0.1, 0.15) is 18.0 Å². The molecule has 4 rings (SSSR count). The number of nitrogens with zero attached hydrogens (tertiary/aromatic N) is 2. The average molecular weight is 470 g/mol. The zero-order valence-corrected chi connectivity index (χ0v) is 17.9. The van der Waals surface area contributed by atoms with Gasteiger partial charge in [-0.2, -0.15) is 13.9 Å². The summed E-state index contributed by atoms with van der Waals surface area (Å²) in [4.78, 5) is 35.3. The summed E-state index contributed by atoms with van der Waals surface area (Å²) in [5.41, 5.74) is 3.96. The number of amides is 2. The lowest BCUT2D eigenvalue weighted by molar-refractivity contribution is -0.163. The normalized spacial score (nSPS) is 12.6. The molecule has 0 saturated heterocycles. The number of hydrogen-bond donors (Lipinski definition) is 3. The number of aromatic nitrogens is 2. The first-order chi connectivity index (χ1) is 16.2. The summed E-state index contributed by atoms with van der Waals surface area (Å²) < 4.78 is 33.1. The second-order valence-corrected chi connectivity index (χ2v) is 7.67. The number of carboxylic acids is 1. The molecule has 0 atom stereocenters. The standard InChI is InChI=1S/C23H20F2N4O5/c1-29-19(17(10-27-29)20(30)26-12-23(24,25)21(31)32)28-22(33)34-11-18-15-8-4-2-6-13(15)14-7-3-5-9-16(14)18/h2-10,18H,11-12H2,1H3,(H,26,30)(H,28,33)(H,31,32). The topological polar surface area (TPSA) is 123 Å². The van der Waals surface area contributed by atoms with Gasteiger partial charge < -0.3 is 15.2 Å². The summed E-state index contributed by atoms with van der Waals surface area (Å²) in [5.74, 6) is -7.80. The third-order valence-electron chi connectivity index (χ3n) is 5.53. The molecule has 0 saturated carbocycles. The van der Waals surface area contributed by atoms with Gasteiger partial charge >= 0.3 is 18.0 Å². The molecule has 0 fully saturated rings. The third-order valence-corrected chi connectivity index (χ3v) is 5.53. The van der Waals surface area contributed by atoms with Crippen LogP contribution < -0.4 is 10.6 Å². The largest absolute Gasteiger partial charge is 0.477 e. The Labute approximate surface area is 192 Å². The van der Waals surface area contributed by atoms with Crippen LogP contribution in [0, 0.1) is 0 Å². The van der Waals surface area contributed by atoms with Crippen LogP contribution >= 0.6 is 0 Å². The van der Waals surface area contributed by atoms with E-state index in [1.807, 2.05) is 53.8 Å². The Morgan fingerprint density at radius 1 is 1.09 bits per heavy atom. The maximum absolute atomic E-state index is 13.3. The van der Waals surface area contributed by atoms with E-state index >= 15 is 0 Å². The van der Waals surface area contributed by atoms with E-state index in [1.165, 1.54) is 7.05 Å². The highest BCUT2D eigenvalue weighted by molar-refractivity contribution is 6.01. The van der Waals surface area contributed by atoms with E-state index < -0.39 is 30.4 Å². The Morgan fingerprint density at radius 3 is 2.26 bits per heavy atom. The summed E-state index contributed by atoms with van der Waals surface area (Å²) in [7, 11) is 1.43. The highest BCUT2D eigenvalue weighted by Crippen LogP contribution is 2.44. The molecular formula is C23H20F2N4O5. The van der Waals surface area contributed by atoms with Crippen LogP contribution in [0.1, 0.15) is 27.4 Å². The van der Waals surface area contributed by atoms with E-state index in [2.05, 4.69) is 10.4 Å². The first-order valence-corrected chi connectivity index (χ1v) is 10.2. The van der Waals surface area contributed by atoms with Gasteiger partial charge in [-0.05, 0) is 22.3 Å². The number of alkyl halides is 2. The van der Waals surface area contributed by atoms with E-state index in [4.69, 9.17) is 9.84 Å². The third kappa shape index (κ3) is 4.32. The Hall–Kier alpha value is -4.28. The monoisotopic (exact) mass is 470 g/mol. The highest BCUT2D eigenvalue weighted by Gasteiger charge is 2.39. The van der Waals surface area contributed by atoms with E-state index in [1.54, 1.807) is 0 Å². The number of fused-ring (bicyclic) bond motifs is 3. The van der Waals surface area contributed by atoms with Crippen molar-refractivity contribution < 1.29 is 33.0 Å². The molecule has 3 N–H and O–H groups in total. The molecule has 1 aromatic heterocycles. The van der Waals surface area contributed by atoms with Crippen molar-refractivity contribution in [2.24, 2.45) is 7.05 Å². The van der Waals surface area contributed by atoms with Crippen LogP contribution in [-0.2, 0) is 16.6 Å². The van der Waals surface area contributed by atoms with Crippen molar-refractivity contribution in [3.63, 3.8) is 0 Å². The molecule has 0 aliphatic heterocycles. The van der Waals surface area contributed by atoms with Gasteiger partial charge in [0.15, 0.2) is 0 Å². The molecule has 1 aliphatic rings. The van der Waals surface area contributed by atoms with Crippen molar-refractivity contribution in [2.75, 3.05) is 18.5 Å². The molecule has 3 aromatic rings. The zero-order chi connectivity index (χ0) is 24.5. The fourth-order valence-electron chi connectivity index (χ4n) is 3.85. The smallest absolute Gasteiger partial charge is 0.412 e. The van der Waals surface area contributed by atoms with Crippen LogP contribution in [0.4, 0.5) is 19.4 Å². The van der Waals surface area contributed by atoms with Crippen molar-refractivity contribution in [3.8, 4) is 11.1 Å². The van der Waals surface area contributed by atoms with E-state index in [0.29, 0.717) is 0 Å². The number of hydrogen-bond acceptors (Lipinski definition) is 5. The lowest BCUT2D eigenvalue weighted by atomic mass is 9.98. The maximum atomic E-state index is 13.3. The minimum absolute atomic E-state index is 0.0318. The fourth-order valence-corrected chi connectivity index (χ4v) is 3.85. The summed E-state index contributed by atoms with van der Waals surface area (Å²) >= 11 is 0. The average Bonchev–Trinajstić information content (AvgIpc) is 3.34. The van der Waals surface area contributed by atoms with Crippen LogP contribution in [-0.4, -0.2) is 51.9 Å². The molecule has 0 radical (unpaired) electrons. The maximum Gasteiger partial charge on any atom is 0.412 e. The second-order valence-electron chi connectivity index (χ2n) is 7.67. The molecule has 1 heterocycles. The summed E-state index contributed by atoms with van der Waals surface area (Å²) in [6, 6.07) is 15.6. The molecule has 0 spiro atoms. The van der Waals surface area contributed by atoms with Crippen LogP contribution in [0.3, 0.4) is 0 Å². The first-order valence-electron chi connectivity index (χ1n) is 10.2. The number of halogens is 2. The summed E-state index contributed by atoms with van der Waals surface area (Å²) in [5, 5.41) is 16.6. The van der Waals surface area contributed by atoms with Crippen molar-refractivity contribution in [1.82, 2.24) is 15.1 Å². The quantitative estimate of drug-likeness (QED) is 0.487. The second kappa shape index (κ2) is 8.93. The molecule has 34 heavy (non-hydrogen) atoms. The number of benzene rings is 2. The number of carbonyl (C=O) groups is 3. The van der Waals surface area contributed by atoms with Crippen LogP contribution in [0.15, 0.2) is 54.7 Å². The Kier molecular flexibility index (Phi) is 6.01. The first kappa shape index (κ1) is 22.9. The highest BCUT2D eigenvalue weighted by atomic mass is 19.3. The molecule has 0 bridgehead atoms. The summed E-state index contributed by atoms with van der Waals surface area (Å²) in [6.45, 7) is -1.38. The van der Waals surface area contributed by atoms with Gasteiger partial charge in [0.25, 0.3) is 5.91 Å². The number of ether oxygens (including phenoxy) is 1. The van der Waals surface area contributed by atoms with E-state index in [9.17, 15) is 23.2 Å². The van der Waals surface area contributed by atoms with Crippen LogP contribution in [0.2, 0.25) is 0 Å². The molecule has 176 valence electrons. The Bertz CT molecular complexity index is 1230. The predicted molar refractivity (Wildman–Crippen MR) is 117 cm³/mol. The fraction of sp³-hybridized carbons (Fsp3) is 0.217. The molecule has 2 aromatic carbocycles. The van der Waals surface area contributed by atoms with Crippen LogP contribution in [0.25, 0.3) is 11.1 Å². The van der Waals surface area contributed by atoms with Crippen molar-refractivity contribution >= 4 is 23.8 Å². The molecule has 9 nitrogen and oxygen atoms in total. The van der Waals surface area contributed by atoms with Gasteiger partial charge in [0.2, 0.25) is 0 Å². The van der Waals surface area contributed by atoms with Crippen molar-refractivity contribution in [1.29, 1.82) is 0 Å². The number of carboxylic acid groups (broad SMARTS) is 1. The van der Waals surface area contributed by atoms with Gasteiger partial charge in [0.05, 0.1) is 12.7 Å². The number of nitrogens with one attached hydrogen (secondary N) is 2. The Balaban J connectivity index is 1.43. The van der Waals surface area contributed by atoms with Gasteiger partial charge in [-0.1, -0.05) is 48.5 Å². The van der Waals surface area contributed by atoms with Crippen molar-refractivity contribution in [3.05, 3.63) is 71.4 Å². The molecule has 2 amide bonds. The lowest BCUT2D eigenvalue weighted by Gasteiger charge is -2.15. The zero-order valence-electron chi connectivity index (χ0n) is 17.9. The lowest BCUT2D eigenvalue weighted by Crippen LogP contribution is -2.42. The van der Waals surface area contributed by atoms with Gasteiger partial charge in [-0.15, -0.1) is 0 Å². The molecular weight excluding hydrogens is 450 g/mol. The van der Waals surface area contributed by atoms with Gasteiger partial charge in [-0.3, -0.25) is 14.8 Å². The van der Waals surface area contributed by atoms with E-state index in [-0.39, 0.29) is 23.9 Å². The number of aliphatic carboxylic acids is 1. The number of carbonyl (C=O) groups excluding carboxylic acids is 2. The Morgan fingerprint density at radius 2 is 1.68 bits per heavy atom. The van der Waals surface area contributed by atoms with Gasteiger partial charge in [-0.25, -0.2) is 9.59 Å². The number of anilines is 1. The van der Waals surface area contributed by atoms with Crippen LogP contribution in [0.5, 0.6) is 0 Å². The molecule has 11 heteroatoms. The van der Waals surface area contributed by atoms with E-state index in [0.717, 1.165) is 33.1 Å². The number of aryl methyl sites for hydroxylation is 1. The predicted octanol–water partition coefficient (Wildman–Crippen LogP) is 3.23. The number of rotatable bonds is 7. The SMILES string of the molecule is Cn1ncc(C(=O)NCC(F)(F)C(=O)O)c1NC(=O)OCC1c2ccccc2-c2ccccc21. The summed E-state index contributed by atoms with van der Waals surface area (Å²) in [6.07, 6.45) is 0.197. The molecule has 0 unspecified atom stereocenters. The minimum Gasteiger partial charge on any atom is -0.477 e.